The first kappa shape index (κ1) is 23.1. The zero-order valence-corrected chi connectivity index (χ0v) is 19.9. The highest BCUT2D eigenvalue weighted by atomic mass is 32.2. The standard InChI is InChI=1S/C21H28N4O5S2/c1-14-9-12-24(13-10-14)20(26)15(2)30-21(27)17-7-3-4-11-25(17)32(28,29)18-8-5-6-16-19(18)23-31-22-16/h5-6,8,14-15,17H,3-4,7,9-13H2,1-2H3/t15-,17-/m0/s1. The second-order valence-corrected chi connectivity index (χ2v) is 11.0. The summed E-state index contributed by atoms with van der Waals surface area (Å²) in [6.45, 7) is 5.23. The van der Waals surface area contributed by atoms with E-state index in [1.54, 1.807) is 24.0 Å². The second-order valence-electron chi connectivity index (χ2n) is 8.60. The van der Waals surface area contributed by atoms with E-state index in [4.69, 9.17) is 4.74 Å². The van der Waals surface area contributed by atoms with E-state index in [1.165, 1.54) is 10.4 Å². The van der Waals surface area contributed by atoms with Gasteiger partial charge in [-0.2, -0.15) is 13.1 Å². The van der Waals surface area contributed by atoms with Gasteiger partial charge in [0.25, 0.3) is 5.91 Å². The van der Waals surface area contributed by atoms with Gasteiger partial charge in [0.1, 0.15) is 22.0 Å². The molecular weight excluding hydrogens is 452 g/mol. The predicted octanol–water partition coefficient (Wildman–Crippen LogP) is 2.42. The Labute approximate surface area is 192 Å². The number of ether oxygens (including phenoxy) is 1. The number of carbonyl (C=O) groups excluding carboxylic acids is 2. The van der Waals surface area contributed by atoms with E-state index in [2.05, 4.69) is 15.7 Å². The van der Waals surface area contributed by atoms with Crippen LogP contribution in [0.15, 0.2) is 23.1 Å². The summed E-state index contributed by atoms with van der Waals surface area (Å²) in [6.07, 6.45) is 2.62. The number of aromatic nitrogens is 2. The van der Waals surface area contributed by atoms with Crippen LogP contribution in [0, 0.1) is 5.92 Å². The third-order valence-corrected chi connectivity index (χ3v) is 8.78. The number of hydrogen-bond acceptors (Lipinski definition) is 8. The summed E-state index contributed by atoms with van der Waals surface area (Å²) in [6, 6.07) is 3.84. The van der Waals surface area contributed by atoms with E-state index in [0.717, 1.165) is 24.6 Å². The maximum absolute atomic E-state index is 13.5. The Hall–Kier alpha value is -2.11. The lowest BCUT2D eigenvalue weighted by Crippen LogP contribution is -2.50. The largest absolute Gasteiger partial charge is 0.451 e. The molecule has 9 nitrogen and oxygen atoms in total. The van der Waals surface area contributed by atoms with Crippen LogP contribution in [0.5, 0.6) is 0 Å². The summed E-state index contributed by atoms with van der Waals surface area (Å²) in [5.74, 6) is -0.327. The number of esters is 1. The van der Waals surface area contributed by atoms with E-state index in [1.807, 2.05) is 0 Å². The van der Waals surface area contributed by atoms with Crippen molar-refractivity contribution >= 4 is 44.7 Å². The van der Waals surface area contributed by atoms with E-state index in [0.29, 0.717) is 49.3 Å². The zero-order chi connectivity index (χ0) is 22.9. The molecule has 3 heterocycles. The molecule has 2 aliphatic rings. The molecule has 174 valence electrons. The molecule has 0 spiro atoms. The molecule has 32 heavy (non-hydrogen) atoms. The third kappa shape index (κ3) is 4.51. The van der Waals surface area contributed by atoms with Crippen molar-refractivity contribution in [2.75, 3.05) is 19.6 Å². The fourth-order valence-corrected chi connectivity index (χ4v) is 6.73. The molecule has 0 aliphatic carbocycles. The molecule has 0 N–H and O–H groups in total. The summed E-state index contributed by atoms with van der Waals surface area (Å²) in [4.78, 5) is 27.5. The number of hydrogen-bond donors (Lipinski definition) is 0. The molecule has 0 unspecified atom stereocenters. The highest BCUT2D eigenvalue weighted by Gasteiger charge is 2.41. The Morgan fingerprint density at radius 3 is 2.62 bits per heavy atom. The molecule has 4 rings (SSSR count). The van der Waals surface area contributed by atoms with Gasteiger partial charge in [-0.25, -0.2) is 8.42 Å². The van der Waals surface area contributed by atoms with E-state index < -0.39 is 28.1 Å². The first-order valence-corrected chi connectivity index (χ1v) is 13.2. The molecule has 2 aromatic rings. The van der Waals surface area contributed by atoms with Crippen LogP contribution in [0.4, 0.5) is 0 Å². The maximum atomic E-state index is 13.5. The number of benzene rings is 1. The molecule has 0 bridgehead atoms. The minimum absolute atomic E-state index is 0.0370. The summed E-state index contributed by atoms with van der Waals surface area (Å²) in [7, 11) is -3.99. The minimum Gasteiger partial charge on any atom is -0.451 e. The number of likely N-dealkylation sites (tertiary alicyclic amines) is 1. The van der Waals surface area contributed by atoms with Crippen molar-refractivity contribution in [2.45, 2.75) is 63.0 Å². The maximum Gasteiger partial charge on any atom is 0.325 e. The number of piperidine rings is 2. The van der Waals surface area contributed by atoms with E-state index in [-0.39, 0.29) is 17.3 Å². The fourth-order valence-electron chi connectivity index (χ4n) is 4.33. The van der Waals surface area contributed by atoms with Crippen molar-refractivity contribution in [3.05, 3.63) is 18.2 Å². The van der Waals surface area contributed by atoms with Gasteiger partial charge in [0.15, 0.2) is 6.10 Å². The number of rotatable bonds is 5. The molecule has 2 fully saturated rings. The molecule has 2 aliphatic heterocycles. The average molecular weight is 481 g/mol. The first-order valence-electron chi connectivity index (χ1n) is 11.0. The van der Waals surface area contributed by atoms with Gasteiger partial charge in [-0.05, 0) is 57.1 Å². The number of sulfonamides is 1. The molecule has 11 heteroatoms. The van der Waals surface area contributed by atoms with Crippen LogP contribution in [0.25, 0.3) is 11.0 Å². The Morgan fingerprint density at radius 1 is 1.12 bits per heavy atom. The monoisotopic (exact) mass is 480 g/mol. The van der Waals surface area contributed by atoms with Gasteiger partial charge in [0.2, 0.25) is 10.0 Å². The van der Waals surface area contributed by atoms with Gasteiger partial charge in [-0.1, -0.05) is 13.0 Å². The van der Waals surface area contributed by atoms with Gasteiger partial charge in [0, 0.05) is 19.6 Å². The molecule has 0 radical (unpaired) electrons. The van der Waals surface area contributed by atoms with Gasteiger partial charge >= 0.3 is 5.97 Å². The highest BCUT2D eigenvalue weighted by molar-refractivity contribution is 7.89. The van der Waals surface area contributed by atoms with Crippen LogP contribution in [-0.4, -0.2) is 70.0 Å². The van der Waals surface area contributed by atoms with Crippen molar-refractivity contribution in [3.8, 4) is 0 Å². The summed E-state index contributed by atoms with van der Waals surface area (Å²) in [5, 5.41) is 0. The lowest BCUT2D eigenvalue weighted by Gasteiger charge is -2.35. The lowest BCUT2D eigenvalue weighted by molar-refractivity contribution is -0.163. The summed E-state index contributed by atoms with van der Waals surface area (Å²) in [5.41, 5.74) is 0.806. The van der Waals surface area contributed by atoms with Crippen molar-refractivity contribution in [1.82, 2.24) is 18.0 Å². The molecule has 1 amide bonds. The Morgan fingerprint density at radius 2 is 1.88 bits per heavy atom. The van der Waals surface area contributed by atoms with E-state index >= 15 is 0 Å². The predicted molar refractivity (Wildman–Crippen MR) is 119 cm³/mol. The Kier molecular flexibility index (Phi) is 6.78. The topological polar surface area (TPSA) is 110 Å². The smallest absolute Gasteiger partial charge is 0.325 e. The van der Waals surface area contributed by atoms with Crippen molar-refractivity contribution in [1.29, 1.82) is 0 Å². The zero-order valence-electron chi connectivity index (χ0n) is 18.3. The molecule has 0 saturated carbocycles. The fraction of sp³-hybridized carbons (Fsp3) is 0.619. The van der Waals surface area contributed by atoms with Crippen LogP contribution in [0.3, 0.4) is 0 Å². The van der Waals surface area contributed by atoms with Crippen molar-refractivity contribution in [3.63, 3.8) is 0 Å². The number of amides is 1. The molecule has 2 atom stereocenters. The summed E-state index contributed by atoms with van der Waals surface area (Å²) < 4.78 is 41.9. The molecule has 2 saturated heterocycles. The van der Waals surface area contributed by atoms with Crippen molar-refractivity contribution in [2.24, 2.45) is 5.92 Å². The van der Waals surface area contributed by atoms with Gasteiger partial charge in [0.05, 0.1) is 11.7 Å². The first-order chi connectivity index (χ1) is 15.3. The second kappa shape index (κ2) is 9.40. The van der Waals surface area contributed by atoms with Gasteiger partial charge in [-0.3, -0.25) is 9.59 Å². The van der Waals surface area contributed by atoms with E-state index in [9.17, 15) is 18.0 Å². The number of fused-ring (bicyclic) bond motifs is 1. The van der Waals surface area contributed by atoms with Crippen LogP contribution < -0.4 is 0 Å². The van der Waals surface area contributed by atoms with Crippen LogP contribution in [-0.2, 0) is 24.3 Å². The van der Waals surface area contributed by atoms with Crippen LogP contribution >= 0.6 is 11.7 Å². The molecule has 1 aromatic carbocycles. The minimum atomic E-state index is -3.99. The SMILES string of the molecule is CC1CCN(C(=O)[C@H](C)OC(=O)[C@@H]2CCCCN2S(=O)(=O)c2cccc3nsnc23)CC1. The number of carbonyl (C=O) groups is 2. The third-order valence-electron chi connectivity index (χ3n) is 6.30. The molecule has 1 aromatic heterocycles. The quantitative estimate of drug-likeness (QED) is 0.605. The van der Waals surface area contributed by atoms with Gasteiger partial charge < -0.3 is 9.64 Å². The van der Waals surface area contributed by atoms with Crippen LogP contribution in [0.2, 0.25) is 0 Å². The normalized spacial score (nSPS) is 22.1. The van der Waals surface area contributed by atoms with Gasteiger partial charge in [-0.15, -0.1) is 0 Å². The Balaban J connectivity index is 1.51. The lowest BCUT2D eigenvalue weighted by atomic mass is 9.99. The molecular formula is C21H28N4O5S2. The van der Waals surface area contributed by atoms with Crippen LogP contribution in [0.1, 0.15) is 46.0 Å². The Bertz CT molecular complexity index is 1090. The number of nitrogens with zero attached hydrogens (tertiary/aromatic N) is 4. The average Bonchev–Trinajstić information content (AvgIpc) is 3.28. The van der Waals surface area contributed by atoms with Crippen molar-refractivity contribution < 1.29 is 22.7 Å². The highest BCUT2D eigenvalue weighted by Crippen LogP contribution is 2.30. The summed E-state index contributed by atoms with van der Waals surface area (Å²) >= 11 is 0.945.